The fourth-order valence-electron chi connectivity index (χ4n) is 4.43. The Balaban J connectivity index is 1.42. The smallest absolute Gasteiger partial charge is 0.257 e. The first kappa shape index (κ1) is 19.4. The third-order valence-corrected chi connectivity index (χ3v) is 7.28. The molecule has 1 aromatic heterocycles. The van der Waals surface area contributed by atoms with Crippen LogP contribution >= 0.6 is 11.3 Å². The van der Waals surface area contributed by atoms with Gasteiger partial charge in [-0.2, -0.15) is 0 Å². The summed E-state index contributed by atoms with van der Waals surface area (Å²) >= 11 is 1.45. The van der Waals surface area contributed by atoms with Crippen molar-refractivity contribution in [2.45, 2.75) is 51.6 Å². The summed E-state index contributed by atoms with van der Waals surface area (Å²) in [6, 6.07) is 0.452. The molecule has 3 amide bonds. The summed E-state index contributed by atoms with van der Waals surface area (Å²) in [6.07, 6.45) is 4.66. The predicted octanol–water partition coefficient (Wildman–Crippen LogP) is 1.92. The maximum atomic E-state index is 12.8. The summed E-state index contributed by atoms with van der Waals surface area (Å²) in [7, 11) is 1.65. The van der Waals surface area contributed by atoms with Crippen molar-refractivity contribution >= 4 is 34.1 Å². The molecule has 8 heteroatoms. The number of anilines is 1. The van der Waals surface area contributed by atoms with Gasteiger partial charge in [0.2, 0.25) is 11.8 Å². The van der Waals surface area contributed by atoms with Crippen LogP contribution in [-0.4, -0.2) is 71.7 Å². The van der Waals surface area contributed by atoms with Gasteiger partial charge in [0.1, 0.15) is 5.00 Å². The van der Waals surface area contributed by atoms with E-state index in [2.05, 4.69) is 17.1 Å². The van der Waals surface area contributed by atoms with Crippen molar-refractivity contribution in [2.24, 2.45) is 0 Å². The first-order valence-corrected chi connectivity index (χ1v) is 11.0. The van der Waals surface area contributed by atoms with E-state index < -0.39 is 0 Å². The van der Waals surface area contributed by atoms with Gasteiger partial charge >= 0.3 is 0 Å². The second-order valence-corrected chi connectivity index (χ2v) is 9.22. The number of hydrogen-bond acceptors (Lipinski definition) is 5. The van der Waals surface area contributed by atoms with Crippen LogP contribution in [0.3, 0.4) is 0 Å². The van der Waals surface area contributed by atoms with Gasteiger partial charge in [-0.05, 0) is 51.3 Å². The molecule has 0 saturated carbocycles. The fourth-order valence-corrected chi connectivity index (χ4v) is 5.70. The molecule has 1 saturated heterocycles. The van der Waals surface area contributed by atoms with Crippen molar-refractivity contribution in [2.75, 3.05) is 38.5 Å². The van der Waals surface area contributed by atoms with E-state index in [4.69, 9.17) is 0 Å². The highest BCUT2D eigenvalue weighted by Crippen LogP contribution is 2.38. The third kappa shape index (κ3) is 3.67. The van der Waals surface area contributed by atoms with Crippen molar-refractivity contribution in [3.05, 3.63) is 16.0 Å². The molecule has 4 rings (SSSR count). The quantitative estimate of drug-likeness (QED) is 0.832. The van der Waals surface area contributed by atoms with Crippen molar-refractivity contribution < 1.29 is 14.4 Å². The zero-order valence-electron chi connectivity index (χ0n) is 16.6. The molecule has 1 aromatic rings. The van der Waals surface area contributed by atoms with Gasteiger partial charge < -0.3 is 20.0 Å². The molecule has 4 heterocycles. The summed E-state index contributed by atoms with van der Waals surface area (Å²) in [5.41, 5.74) is 1.64. The molecule has 3 aliphatic heterocycles. The molecule has 152 valence electrons. The van der Waals surface area contributed by atoms with Crippen molar-refractivity contribution in [3.8, 4) is 0 Å². The highest BCUT2D eigenvalue weighted by Gasteiger charge is 2.33. The second-order valence-electron chi connectivity index (χ2n) is 8.11. The lowest BCUT2D eigenvalue weighted by atomic mass is 10.0. The number of nitrogens with zero attached hydrogens (tertiary/aromatic N) is 3. The zero-order valence-corrected chi connectivity index (χ0v) is 17.4. The lowest BCUT2D eigenvalue weighted by Gasteiger charge is -2.29. The van der Waals surface area contributed by atoms with E-state index in [1.807, 2.05) is 4.90 Å². The number of likely N-dealkylation sites (N-methyl/N-ethyl adjacent to an activating group) is 1. The summed E-state index contributed by atoms with van der Waals surface area (Å²) in [6.45, 7) is 5.77. The van der Waals surface area contributed by atoms with Gasteiger partial charge in [0.05, 0.1) is 18.7 Å². The first-order valence-electron chi connectivity index (χ1n) is 10.2. The number of thiophene rings is 1. The number of carbonyl (C=O) groups excluding carboxylic acids is 3. The Labute approximate surface area is 169 Å². The zero-order chi connectivity index (χ0) is 19.8. The second kappa shape index (κ2) is 7.83. The molecular weight excluding hydrogens is 376 g/mol. The highest BCUT2D eigenvalue weighted by molar-refractivity contribution is 7.17. The summed E-state index contributed by atoms with van der Waals surface area (Å²) in [4.78, 5) is 44.3. The minimum atomic E-state index is -0.169. The Kier molecular flexibility index (Phi) is 5.42. The number of likely N-dealkylation sites (tertiary alicyclic amines) is 1. The Bertz CT molecular complexity index is 800. The molecule has 7 nitrogen and oxygen atoms in total. The predicted molar refractivity (Wildman–Crippen MR) is 109 cm³/mol. The Morgan fingerprint density at radius 1 is 1.18 bits per heavy atom. The molecule has 0 spiro atoms. The van der Waals surface area contributed by atoms with Gasteiger partial charge in [-0.1, -0.05) is 0 Å². The number of fused-ring (bicyclic) bond motifs is 3. The number of hydrogen-bond donors (Lipinski definition) is 1. The normalized spacial score (nSPS) is 21.2. The highest BCUT2D eigenvalue weighted by atomic mass is 32.1. The number of amides is 3. The minimum absolute atomic E-state index is 0.0782. The SMILES string of the molecule is CC(CCC(=O)N1CCc2c(sc3c2C(=O)N(C)CC(=O)N3)C1)N1CCCC1. The lowest BCUT2D eigenvalue weighted by Crippen LogP contribution is -2.37. The van der Waals surface area contributed by atoms with E-state index in [0.717, 1.165) is 30.0 Å². The van der Waals surface area contributed by atoms with Gasteiger partial charge in [0.15, 0.2) is 0 Å². The van der Waals surface area contributed by atoms with Crippen molar-refractivity contribution in [1.29, 1.82) is 0 Å². The maximum absolute atomic E-state index is 12.8. The Morgan fingerprint density at radius 2 is 1.93 bits per heavy atom. The van der Waals surface area contributed by atoms with Crippen LogP contribution in [0.1, 0.15) is 53.4 Å². The Morgan fingerprint density at radius 3 is 2.68 bits per heavy atom. The molecule has 1 fully saturated rings. The number of nitrogens with one attached hydrogen (secondary N) is 1. The average molecular weight is 405 g/mol. The van der Waals surface area contributed by atoms with Gasteiger partial charge in [-0.15, -0.1) is 11.3 Å². The van der Waals surface area contributed by atoms with Crippen LogP contribution in [0, 0.1) is 0 Å². The van der Waals surface area contributed by atoms with Crippen LogP contribution in [0.25, 0.3) is 0 Å². The number of carbonyl (C=O) groups is 3. The van der Waals surface area contributed by atoms with E-state index in [-0.39, 0.29) is 24.3 Å². The summed E-state index contributed by atoms with van der Waals surface area (Å²) < 4.78 is 0. The number of rotatable bonds is 4. The molecule has 0 aromatic carbocycles. The van der Waals surface area contributed by atoms with Crippen LogP contribution in [0.5, 0.6) is 0 Å². The molecule has 1 unspecified atom stereocenters. The molecule has 0 bridgehead atoms. The van der Waals surface area contributed by atoms with E-state index in [9.17, 15) is 14.4 Å². The van der Waals surface area contributed by atoms with E-state index in [1.165, 1.54) is 29.1 Å². The fraction of sp³-hybridized carbons (Fsp3) is 0.650. The van der Waals surface area contributed by atoms with Crippen LogP contribution in [0.2, 0.25) is 0 Å². The third-order valence-electron chi connectivity index (χ3n) is 6.14. The topological polar surface area (TPSA) is 73.0 Å². The molecule has 1 N–H and O–H groups in total. The lowest BCUT2D eigenvalue weighted by molar-refractivity contribution is -0.132. The van der Waals surface area contributed by atoms with E-state index in [0.29, 0.717) is 42.5 Å². The molecule has 0 radical (unpaired) electrons. The average Bonchev–Trinajstić information content (AvgIpc) is 3.30. The molecule has 1 atom stereocenters. The van der Waals surface area contributed by atoms with E-state index >= 15 is 0 Å². The van der Waals surface area contributed by atoms with Crippen molar-refractivity contribution in [1.82, 2.24) is 14.7 Å². The molecule has 3 aliphatic rings. The van der Waals surface area contributed by atoms with Gasteiger partial charge in [-0.3, -0.25) is 14.4 Å². The Hall–Kier alpha value is -1.93. The van der Waals surface area contributed by atoms with Gasteiger partial charge in [-0.25, -0.2) is 0 Å². The first-order chi connectivity index (χ1) is 13.4. The monoisotopic (exact) mass is 404 g/mol. The van der Waals surface area contributed by atoms with Crippen LogP contribution in [0.15, 0.2) is 0 Å². The van der Waals surface area contributed by atoms with E-state index in [1.54, 1.807) is 7.05 Å². The van der Waals surface area contributed by atoms with Crippen LogP contribution < -0.4 is 5.32 Å². The van der Waals surface area contributed by atoms with Crippen molar-refractivity contribution in [3.63, 3.8) is 0 Å². The summed E-state index contributed by atoms with van der Waals surface area (Å²) in [5, 5.41) is 3.50. The van der Waals surface area contributed by atoms with Gasteiger partial charge in [0, 0.05) is 30.9 Å². The van der Waals surface area contributed by atoms with Crippen LogP contribution in [-0.2, 0) is 22.6 Å². The molecule has 28 heavy (non-hydrogen) atoms. The maximum Gasteiger partial charge on any atom is 0.257 e. The largest absolute Gasteiger partial charge is 0.337 e. The molecule has 0 aliphatic carbocycles. The molecular formula is C20H28N4O3S. The van der Waals surface area contributed by atoms with Crippen LogP contribution in [0.4, 0.5) is 5.00 Å². The van der Waals surface area contributed by atoms with Gasteiger partial charge in [0.25, 0.3) is 5.91 Å². The standard InChI is InChI=1S/C20H28N4O3S/c1-13(23-8-3-4-9-23)5-6-17(26)24-10-7-14-15(11-24)28-19-18(14)20(27)22(2)12-16(25)21-19/h13H,3-12H2,1-2H3,(H,21,25). The summed E-state index contributed by atoms with van der Waals surface area (Å²) in [5.74, 6) is -0.0881. The minimum Gasteiger partial charge on any atom is -0.337 e.